The van der Waals surface area contributed by atoms with E-state index in [1.807, 2.05) is 0 Å². The zero-order chi connectivity index (χ0) is 26.3. The first-order chi connectivity index (χ1) is 15.4. The van der Waals surface area contributed by atoms with Crippen LogP contribution in [0.2, 0.25) is 0 Å². The molecule has 0 heterocycles. The van der Waals surface area contributed by atoms with Crippen LogP contribution >= 0.6 is 0 Å². The molecular weight excluding hydrogens is 498 g/mol. The maximum atomic E-state index is 15.3. The summed E-state index contributed by atoms with van der Waals surface area (Å²) in [6.45, 7) is 0. The molecule has 0 bridgehead atoms. The van der Waals surface area contributed by atoms with Gasteiger partial charge in [0.05, 0.1) is 15.4 Å². The van der Waals surface area contributed by atoms with Crippen LogP contribution in [0.25, 0.3) is 5.57 Å². The van der Waals surface area contributed by atoms with Crippen molar-refractivity contribution in [3.63, 3.8) is 0 Å². The minimum Gasteiger partial charge on any atom is -0.258 e. The van der Waals surface area contributed by atoms with Crippen LogP contribution in [0.15, 0.2) is 54.4 Å². The van der Waals surface area contributed by atoms with Gasteiger partial charge in [-0.25, -0.2) is 4.39 Å². The lowest BCUT2D eigenvalue weighted by molar-refractivity contribution is -0.385. The van der Waals surface area contributed by atoms with Gasteiger partial charge >= 0.3 is 18.5 Å². The zero-order valence-electron chi connectivity index (χ0n) is 15.9. The van der Waals surface area contributed by atoms with Crippen molar-refractivity contribution < 1.29 is 53.8 Å². The van der Waals surface area contributed by atoms with Gasteiger partial charge in [0.25, 0.3) is 11.4 Å². The Balaban J connectivity index is 3.16. The molecule has 184 valence electrons. The molecule has 0 aromatic heterocycles. The fourth-order valence-electron chi connectivity index (χ4n) is 3.09. The van der Waals surface area contributed by atoms with Crippen molar-refractivity contribution in [2.75, 3.05) is 0 Å². The van der Waals surface area contributed by atoms with Gasteiger partial charge < -0.3 is 0 Å². The SMILES string of the molecule is O=[N+]([O-])c1cccc(/C(=C(/F)C(c2cccc([N+](=O)[O-])c2)(C(F)(F)F)C(F)(F)F)C(F)(F)F)c1. The zero-order valence-corrected chi connectivity index (χ0v) is 15.9. The first-order valence-electron chi connectivity index (χ1n) is 8.46. The van der Waals surface area contributed by atoms with E-state index in [2.05, 4.69) is 0 Å². The molecule has 0 N–H and O–H groups in total. The molecule has 2 aromatic carbocycles. The van der Waals surface area contributed by atoms with Gasteiger partial charge in [0.15, 0.2) is 0 Å². The third kappa shape index (κ3) is 4.51. The summed E-state index contributed by atoms with van der Waals surface area (Å²) >= 11 is 0. The molecule has 0 amide bonds. The lowest BCUT2D eigenvalue weighted by Crippen LogP contribution is -2.55. The highest BCUT2D eigenvalue weighted by atomic mass is 19.4. The third-order valence-corrected chi connectivity index (χ3v) is 4.52. The van der Waals surface area contributed by atoms with E-state index in [4.69, 9.17) is 0 Å². The predicted octanol–water partition coefficient (Wildman–Crippen LogP) is 6.81. The molecule has 0 spiro atoms. The van der Waals surface area contributed by atoms with E-state index in [1.54, 1.807) is 0 Å². The number of hydrogen-bond donors (Lipinski definition) is 0. The van der Waals surface area contributed by atoms with E-state index < -0.39 is 67.7 Å². The van der Waals surface area contributed by atoms with Crippen molar-refractivity contribution >= 4 is 16.9 Å². The number of alkyl halides is 9. The fraction of sp³-hybridized carbons (Fsp3) is 0.222. The first-order valence-corrected chi connectivity index (χ1v) is 8.46. The van der Waals surface area contributed by atoms with Crippen LogP contribution in [0.5, 0.6) is 0 Å². The summed E-state index contributed by atoms with van der Waals surface area (Å²) in [7, 11) is 0. The number of nitrogens with zero attached hydrogens (tertiary/aromatic N) is 2. The summed E-state index contributed by atoms with van der Waals surface area (Å²) in [5, 5.41) is 21.7. The van der Waals surface area contributed by atoms with Gasteiger partial charge in [-0.05, 0) is 11.1 Å². The summed E-state index contributed by atoms with van der Waals surface area (Å²) in [4.78, 5) is 18.9. The molecule has 2 aromatic rings. The van der Waals surface area contributed by atoms with Gasteiger partial charge in [0.2, 0.25) is 5.41 Å². The number of allylic oxidation sites excluding steroid dienone is 2. The Hall–Kier alpha value is -3.72. The van der Waals surface area contributed by atoms with Gasteiger partial charge in [0, 0.05) is 24.3 Å². The lowest BCUT2D eigenvalue weighted by Gasteiger charge is -2.37. The second kappa shape index (κ2) is 8.57. The number of non-ortho nitro benzene ring substituents is 2. The van der Waals surface area contributed by atoms with Gasteiger partial charge in [-0.1, -0.05) is 24.3 Å². The molecule has 16 heteroatoms. The Morgan fingerprint density at radius 3 is 1.56 bits per heavy atom. The monoisotopic (exact) mass is 506 g/mol. The lowest BCUT2D eigenvalue weighted by atomic mass is 9.75. The van der Waals surface area contributed by atoms with Crippen molar-refractivity contribution in [2.45, 2.75) is 23.9 Å². The molecule has 0 aliphatic rings. The van der Waals surface area contributed by atoms with Crippen LogP contribution in [0.4, 0.5) is 55.3 Å². The molecule has 0 saturated carbocycles. The quantitative estimate of drug-likeness (QED) is 0.253. The molecule has 34 heavy (non-hydrogen) atoms. The van der Waals surface area contributed by atoms with E-state index >= 15 is 4.39 Å². The van der Waals surface area contributed by atoms with Crippen molar-refractivity contribution in [3.05, 3.63) is 85.7 Å². The van der Waals surface area contributed by atoms with E-state index in [0.717, 1.165) is 0 Å². The molecular formula is C18H8F10N2O4. The van der Waals surface area contributed by atoms with Crippen LogP contribution in [-0.4, -0.2) is 28.4 Å². The molecule has 0 aliphatic carbocycles. The number of hydrogen-bond acceptors (Lipinski definition) is 4. The second-order valence-electron chi connectivity index (χ2n) is 6.55. The molecule has 0 atom stereocenters. The van der Waals surface area contributed by atoms with Gasteiger partial charge in [0.1, 0.15) is 5.83 Å². The fourth-order valence-corrected chi connectivity index (χ4v) is 3.09. The first kappa shape index (κ1) is 26.5. The Labute approximate surface area is 181 Å². The molecule has 0 radical (unpaired) electrons. The maximum absolute atomic E-state index is 15.3. The minimum atomic E-state index is -6.85. The smallest absolute Gasteiger partial charge is 0.258 e. The number of rotatable bonds is 5. The van der Waals surface area contributed by atoms with E-state index in [0.29, 0.717) is 24.3 Å². The van der Waals surface area contributed by atoms with Crippen LogP contribution < -0.4 is 0 Å². The average Bonchev–Trinajstić information content (AvgIpc) is 2.65. The molecule has 0 saturated heterocycles. The Morgan fingerprint density at radius 1 is 0.706 bits per heavy atom. The number of nitro benzene ring substituents is 2. The number of halogens is 10. The van der Waals surface area contributed by atoms with Crippen LogP contribution in [0, 0.1) is 20.2 Å². The van der Waals surface area contributed by atoms with Crippen LogP contribution in [-0.2, 0) is 5.41 Å². The molecule has 0 aliphatic heterocycles. The maximum Gasteiger partial charge on any atom is 0.419 e. The molecule has 0 fully saturated rings. The number of benzene rings is 2. The van der Waals surface area contributed by atoms with Crippen LogP contribution in [0.3, 0.4) is 0 Å². The Morgan fingerprint density at radius 2 is 1.15 bits per heavy atom. The topological polar surface area (TPSA) is 86.3 Å². The summed E-state index contributed by atoms with van der Waals surface area (Å²) in [6.07, 6.45) is -19.9. The number of nitro groups is 2. The molecule has 2 rings (SSSR count). The Bertz CT molecular complexity index is 1140. The normalized spacial score (nSPS) is 13.9. The van der Waals surface area contributed by atoms with Gasteiger partial charge in [-0.2, -0.15) is 39.5 Å². The second-order valence-corrected chi connectivity index (χ2v) is 6.55. The Kier molecular flexibility index (Phi) is 6.69. The highest BCUT2D eigenvalue weighted by Gasteiger charge is 2.76. The van der Waals surface area contributed by atoms with E-state index in [-0.39, 0.29) is 24.3 Å². The highest BCUT2D eigenvalue weighted by molar-refractivity contribution is 5.75. The summed E-state index contributed by atoms with van der Waals surface area (Å²) in [6, 6.07) is 1.52. The standard InChI is InChI=1S/C18H8F10N2O4/c19-14(13(16(20,21)22)9-3-1-5-11(7-9)29(31)32)15(17(23,24)25,18(26,27)28)10-4-2-6-12(8-10)30(33)34/h1-8H/b14-13-. The summed E-state index contributed by atoms with van der Waals surface area (Å²) in [5.74, 6) is -3.82. The van der Waals surface area contributed by atoms with Gasteiger partial charge in [-0.3, -0.25) is 20.2 Å². The molecule has 0 unspecified atom stereocenters. The van der Waals surface area contributed by atoms with Crippen molar-refractivity contribution in [2.24, 2.45) is 0 Å². The van der Waals surface area contributed by atoms with Crippen molar-refractivity contribution in [1.82, 2.24) is 0 Å². The van der Waals surface area contributed by atoms with E-state index in [1.165, 1.54) is 0 Å². The largest absolute Gasteiger partial charge is 0.419 e. The molecule has 6 nitrogen and oxygen atoms in total. The van der Waals surface area contributed by atoms with Crippen LogP contribution in [0.1, 0.15) is 11.1 Å². The van der Waals surface area contributed by atoms with Gasteiger partial charge in [-0.15, -0.1) is 0 Å². The summed E-state index contributed by atoms with van der Waals surface area (Å²) < 4.78 is 140. The van der Waals surface area contributed by atoms with E-state index in [9.17, 15) is 59.7 Å². The predicted molar refractivity (Wildman–Crippen MR) is 94.1 cm³/mol. The third-order valence-electron chi connectivity index (χ3n) is 4.52. The summed E-state index contributed by atoms with van der Waals surface area (Å²) in [5.41, 5.74) is -15.7. The van der Waals surface area contributed by atoms with Crippen molar-refractivity contribution in [1.29, 1.82) is 0 Å². The average molecular weight is 506 g/mol. The highest BCUT2D eigenvalue weighted by Crippen LogP contribution is 2.60. The van der Waals surface area contributed by atoms with Crippen molar-refractivity contribution in [3.8, 4) is 0 Å². The minimum absolute atomic E-state index is 0.0621.